The normalized spacial score (nSPS) is 20.4. The Balaban J connectivity index is 1.90. The molecule has 0 aliphatic carbocycles. The van der Waals surface area contributed by atoms with E-state index in [1.165, 1.54) is 10.4 Å². The highest BCUT2D eigenvalue weighted by molar-refractivity contribution is 7.16. The van der Waals surface area contributed by atoms with Gasteiger partial charge in [-0.1, -0.05) is 0 Å². The molecule has 104 valence electrons. The lowest BCUT2D eigenvalue weighted by atomic mass is 10.0. The van der Waals surface area contributed by atoms with E-state index in [1.54, 1.807) is 11.3 Å². The fraction of sp³-hybridized carbons (Fsp3) is 0.615. The molecule has 19 heavy (non-hydrogen) atoms. The van der Waals surface area contributed by atoms with Crippen LogP contribution in [-0.4, -0.2) is 55.6 Å². The summed E-state index contributed by atoms with van der Waals surface area (Å²) in [6, 6.07) is 0. The molecule has 3 rings (SSSR count). The number of thiophene rings is 1. The van der Waals surface area contributed by atoms with Crippen LogP contribution < -0.4 is 5.73 Å². The van der Waals surface area contributed by atoms with Gasteiger partial charge in [0.2, 0.25) is 0 Å². The van der Waals surface area contributed by atoms with Crippen molar-refractivity contribution in [3.8, 4) is 0 Å². The Morgan fingerprint density at radius 2 is 2.05 bits per heavy atom. The second-order valence-corrected chi connectivity index (χ2v) is 6.27. The zero-order valence-electron chi connectivity index (χ0n) is 11.1. The van der Waals surface area contributed by atoms with Gasteiger partial charge in [-0.25, -0.2) is 0 Å². The quantitative estimate of drug-likeness (QED) is 0.827. The van der Waals surface area contributed by atoms with Gasteiger partial charge in [0.05, 0.1) is 23.8 Å². The number of hydrogen-bond donors (Lipinski definition) is 1. The number of ether oxygens (including phenoxy) is 1. The number of fused-ring (bicyclic) bond motifs is 1. The summed E-state index contributed by atoms with van der Waals surface area (Å²) in [7, 11) is 2.10. The predicted molar refractivity (Wildman–Crippen MR) is 75.5 cm³/mol. The van der Waals surface area contributed by atoms with Crippen LogP contribution >= 0.6 is 11.3 Å². The number of carbonyl (C=O) groups is 1. The molecule has 0 radical (unpaired) electrons. The van der Waals surface area contributed by atoms with Crippen molar-refractivity contribution in [2.45, 2.75) is 13.0 Å². The van der Waals surface area contributed by atoms with Gasteiger partial charge in [0.25, 0.3) is 5.91 Å². The summed E-state index contributed by atoms with van der Waals surface area (Å²) < 4.78 is 5.29. The highest BCUT2D eigenvalue weighted by Gasteiger charge is 2.29. The van der Waals surface area contributed by atoms with Crippen molar-refractivity contribution in [2.75, 3.05) is 45.6 Å². The number of hydrogen-bond acceptors (Lipinski definition) is 5. The molecule has 1 aromatic heterocycles. The van der Waals surface area contributed by atoms with Gasteiger partial charge >= 0.3 is 0 Å². The Kier molecular flexibility index (Phi) is 3.47. The van der Waals surface area contributed by atoms with Gasteiger partial charge in [0, 0.05) is 31.1 Å². The van der Waals surface area contributed by atoms with E-state index in [1.807, 2.05) is 4.90 Å². The minimum Gasteiger partial charge on any atom is -0.390 e. The standard InChI is InChI=1S/C13H19N3O2S/c1-15-3-2-9-10(8-15)19-12(14)11(9)13(17)16-4-6-18-7-5-16/h2-8,14H2,1H3. The molecular weight excluding hydrogens is 262 g/mol. The highest BCUT2D eigenvalue weighted by atomic mass is 32.1. The van der Waals surface area contributed by atoms with Crippen LogP contribution in [0.15, 0.2) is 0 Å². The van der Waals surface area contributed by atoms with Crippen molar-refractivity contribution in [3.05, 3.63) is 16.0 Å². The first-order chi connectivity index (χ1) is 9.16. The zero-order chi connectivity index (χ0) is 13.4. The highest BCUT2D eigenvalue weighted by Crippen LogP contribution is 2.35. The Morgan fingerprint density at radius 1 is 1.32 bits per heavy atom. The number of nitrogen functional groups attached to an aromatic ring is 1. The van der Waals surface area contributed by atoms with Crippen molar-refractivity contribution in [1.82, 2.24) is 9.80 Å². The number of carbonyl (C=O) groups excluding carboxylic acids is 1. The molecule has 1 fully saturated rings. The largest absolute Gasteiger partial charge is 0.390 e. The van der Waals surface area contributed by atoms with Gasteiger partial charge in [-0.2, -0.15) is 0 Å². The second kappa shape index (κ2) is 5.11. The molecule has 2 aliphatic rings. The van der Waals surface area contributed by atoms with E-state index in [2.05, 4.69) is 11.9 Å². The lowest BCUT2D eigenvalue weighted by Gasteiger charge is -2.28. The maximum atomic E-state index is 12.6. The number of anilines is 1. The molecular formula is C13H19N3O2S. The van der Waals surface area contributed by atoms with Crippen molar-refractivity contribution < 1.29 is 9.53 Å². The van der Waals surface area contributed by atoms with Crippen LogP contribution in [-0.2, 0) is 17.7 Å². The fourth-order valence-electron chi connectivity index (χ4n) is 2.71. The first-order valence-electron chi connectivity index (χ1n) is 6.62. The summed E-state index contributed by atoms with van der Waals surface area (Å²) >= 11 is 1.57. The van der Waals surface area contributed by atoms with E-state index in [0.717, 1.165) is 25.1 Å². The van der Waals surface area contributed by atoms with E-state index in [9.17, 15) is 4.79 Å². The maximum absolute atomic E-state index is 12.6. The number of likely N-dealkylation sites (N-methyl/N-ethyl adjacent to an activating group) is 1. The Labute approximate surface area is 116 Å². The topological polar surface area (TPSA) is 58.8 Å². The zero-order valence-corrected chi connectivity index (χ0v) is 12.0. The Hall–Kier alpha value is -1.11. The van der Waals surface area contributed by atoms with Crippen LogP contribution in [0.5, 0.6) is 0 Å². The summed E-state index contributed by atoms with van der Waals surface area (Å²) in [5.74, 6) is 0.0860. The van der Waals surface area contributed by atoms with Crippen LogP contribution in [0.4, 0.5) is 5.00 Å². The van der Waals surface area contributed by atoms with E-state index in [4.69, 9.17) is 10.5 Å². The molecule has 1 aromatic rings. The predicted octanol–water partition coefficient (Wildman–Crippen LogP) is 0.791. The van der Waals surface area contributed by atoms with Crippen LogP contribution in [0, 0.1) is 0 Å². The van der Waals surface area contributed by atoms with E-state index in [-0.39, 0.29) is 5.91 Å². The minimum atomic E-state index is 0.0860. The summed E-state index contributed by atoms with van der Waals surface area (Å²) in [6.45, 7) is 4.49. The first-order valence-corrected chi connectivity index (χ1v) is 7.44. The average molecular weight is 281 g/mol. The average Bonchev–Trinajstić information content (AvgIpc) is 2.74. The molecule has 5 nitrogen and oxygen atoms in total. The van der Waals surface area contributed by atoms with Gasteiger partial charge in [0.1, 0.15) is 0 Å². The van der Waals surface area contributed by atoms with Gasteiger partial charge in [-0.3, -0.25) is 4.79 Å². The lowest BCUT2D eigenvalue weighted by Crippen LogP contribution is -2.41. The molecule has 2 aliphatic heterocycles. The third kappa shape index (κ3) is 2.35. The molecule has 0 atom stereocenters. The van der Waals surface area contributed by atoms with E-state index >= 15 is 0 Å². The SMILES string of the molecule is CN1CCc2c(sc(N)c2C(=O)N2CCOCC2)C1. The molecule has 0 unspecified atom stereocenters. The van der Waals surface area contributed by atoms with Gasteiger partial charge < -0.3 is 20.3 Å². The van der Waals surface area contributed by atoms with Crippen molar-refractivity contribution in [1.29, 1.82) is 0 Å². The van der Waals surface area contributed by atoms with Crippen LogP contribution in [0.25, 0.3) is 0 Å². The molecule has 0 bridgehead atoms. The maximum Gasteiger partial charge on any atom is 0.257 e. The monoisotopic (exact) mass is 281 g/mol. The molecule has 1 amide bonds. The van der Waals surface area contributed by atoms with Crippen molar-refractivity contribution in [2.24, 2.45) is 0 Å². The minimum absolute atomic E-state index is 0.0860. The number of amides is 1. The second-order valence-electron chi connectivity index (χ2n) is 5.14. The van der Waals surface area contributed by atoms with E-state index in [0.29, 0.717) is 31.3 Å². The number of morpholine rings is 1. The lowest BCUT2D eigenvalue weighted by molar-refractivity contribution is 0.0303. The molecule has 2 N–H and O–H groups in total. The summed E-state index contributed by atoms with van der Waals surface area (Å²) in [5.41, 5.74) is 8.03. The Bertz CT molecular complexity index is 494. The summed E-state index contributed by atoms with van der Waals surface area (Å²) in [6.07, 6.45) is 0.922. The Morgan fingerprint density at radius 3 is 2.79 bits per heavy atom. The van der Waals surface area contributed by atoms with E-state index < -0.39 is 0 Å². The van der Waals surface area contributed by atoms with Crippen LogP contribution in [0.3, 0.4) is 0 Å². The van der Waals surface area contributed by atoms with Crippen molar-refractivity contribution >= 4 is 22.2 Å². The summed E-state index contributed by atoms with van der Waals surface area (Å²) in [4.78, 5) is 18.0. The summed E-state index contributed by atoms with van der Waals surface area (Å²) in [5, 5.41) is 0.678. The third-order valence-corrected chi connectivity index (χ3v) is 4.83. The smallest absolute Gasteiger partial charge is 0.257 e. The van der Waals surface area contributed by atoms with Gasteiger partial charge in [-0.05, 0) is 19.0 Å². The number of nitrogens with zero attached hydrogens (tertiary/aromatic N) is 2. The fourth-order valence-corrected chi connectivity index (χ4v) is 3.90. The molecule has 0 saturated carbocycles. The number of nitrogens with two attached hydrogens (primary N) is 1. The van der Waals surface area contributed by atoms with Crippen LogP contribution in [0.1, 0.15) is 20.8 Å². The van der Waals surface area contributed by atoms with Crippen LogP contribution in [0.2, 0.25) is 0 Å². The first kappa shape index (κ1) is 12.9. The molecule has 6 heteroatoms. The number of rotatable bonds is 1. The molecule has 3 heterocycles. The van der Waals surface area contributed by atoms with Gasteiger partial charge in [0.15, 0.2) is 0 Å². The molecule has 1 saturated heterocycles. The van der Waals surface area contributed by atoms with Crippen molar-refractivity contribution in [3.63, 3.8) is 0 Å². The molecule has 0 spiro atoms. The third-order valence-electron chi connectivity index (χ3n) is 3.79. The van der Waals surface area contributed by atoms with Gasteiger partial charge in [-0.15, -0.1) is 11.3 Å². The molecule has 0 aromatic carbocycles.